The second-order valence-electron chi connectivity index (χ2n) is 1.92. The Morgan fingerprint density at radius 2 is 2.40 bits per heavy atom. The maximum Gasteiger partial charge on any atom is 0.324 e. The van der Waals surface area contributed by atoms with Crippen LogP contribution >= 0.6 is 0 Å². The van der Waals surface area contributed by atoms with Gasteiger partial charge in [0.25, 0.3) is 0 Å². The Morgan fingerprint density at radius 1 is 1.50 bits per heavy atom. The third kappa shape index (κ3) is 0.556. The zero-order valence-electron chi connectivity index (χ0n) is 5.11. The molecule has 0 saturated heterocycles. The Kier molecular flexibility index (Phi) is 0.887. The molecule has 4 nitrogen and oxygen atoms in total. The number of pyridine rings is 1. The summed E-state index contributed by atoms with van der Waals surface area (Å²) < 4.78 is 6.15. The molecule has 2 aromatic heterocycles. The van der Waals surface area contributed by atoms with E-state index >= 15 is 0 Å². The van der Waals surface area contributed by atoms with Crippen molar-refractivity contribution in [1.82, 2.24) is 9.56 Å². The average molecular weight is 135 g/mol. The van der Waals surface area contributed by atoms with Crippen molar-refractivity contribution in [3.05, 3.63) is 30.1 Å². The first-order valence-electron chi connectivity index (χ1n) is 2.85. The molecule has 0 radical (unpaired) electrons. The molecule has 2 heterocycles. The molecular formula is C6H5N3O. The Balaban J connectivity index is 3.07. The van der Waals surface area contributed by atoms with Crippen molar-refractivity contribution in [3.63, 3.8) is 0 Å². The van der Waals surface area contributed by atoms with Gasteiger partial charge in [0.1, 0.15) is 0 Å². The number of nitrogens with zero attached hydrogens (tertiary/aromatic N) is 2. The summed E-state index contributed by atoms with van der Waals surface area (Å²) in [7, 11) is 0. The quantitative estimate of drug-likeness (QED) is 0.568. The lowest BCUT2D eigenvalue weighted by Crippen LogP contribution is -2.03. The predicted octanol–water partition coefficient (Wildman–Crippen LogP) is 0.407. The van der Waals surface area contributed by atoms with Crippen molar-refractivity contribution in [1.29, 1.82) is 5.41 Å². The Morgan fingerprint density at radius 3 is 3.20 bits per heavy atom. The number of aromatic nitrogens is 2. The number of nitrogens with one attached hydrogen (secondary N) is 1. The molecule has 10 heavy (non-hydrogen) atoms. The van der Waals surface area contributed by atoms with E-state index in [9.17, 15) is 0 Å². The second kappa shape index (κ2) is 1.70. The second-order valence-corrected chi connectivity index (χ2v) is 1.92. The highest BCUT2D eigenvalue weighted by Gasteiger charge is 1.93. The summed E-state index contributed by atoms with van der Waals surface area (Å²) in [5.41, 5.74) is 0.711. The summed E-state index contributed by atoms with van der Waals surface area (Å²) in [4.78, 5) is 0. The average Bonchev–Trinajstić information content (AvgIpc) is 2.34. The fraction of sp³-hybridized carbons (Fsp3) is 0. The minimum Gasteiger partial charge on any atom is -0.315 e. The van der Waals surface area contributed by atoms with Gasteiger partial charge in [-0.05, 0) is 12.1 Å². The summed E-state index contributed by atoms with van der Waals surface area (Å²) in [6, 6.07) is 5.45. The van der Waals surface area contributed by atoms with Crippen molar-refractivity contribution < 1.29 is 4.52 Å². The van der Waals surface area contributed by atoms with E-state index < -0.39 is 0 Å². The molecule has 0 aliphatic carbocycles. The van der Waals surface area contributed by atoms with Crippen LogP contribution in [0, 0.1) is 5.41 Å². The molecule has 0 amide bonds. The highest BCUT2D eigenvalue weighted by molar-refractivity contribution is 5.33. The van der Waals surface area contributed by atoms with Gasteiger partial charge in [-0.15, -0.1) is 0 Å². The number of hydrogen-bond donors (Lipinski definition) is 1. The van der Waals surface area contributed by atoms with Gasteiger partial charge in [-0.1, -0.05) is 11.2 Å². The van der Waals surface area contributed by atoms with Crippen LogP contribution in [0.5, 0.6) is 0 Å². The first kappa shape index (κ1) is 5.22. The van der Waals surface area contributed by atoms with Crippen LogP contribution in [0.3, 0.4) is 0 Å². The number of fused-ring (bicyclic) bond motifs is 1. The summed E-state index contributed by atoms with van der Waals surface area (Å²) in [5, 5.41) is 10.8. The fourth-order valence-electron chi connectivity index (χ4n) is 0.814. The summed E-state index contributed by atoms with van der Waals surface area (Å²) in [6.07, 6.45) is 1.73. The molecule has 0 saturated carbocycles. The van der Waals surface area contributed by atoms with E-state index in [1.54, 1.807) is 16.7 Å². The van der Waals surface area contributed by atoms with E-state index in [-0.39, 0.29) is 5.68 Å². The molecule has 0 aliphatic heterocycles. The third-order valence-corrected chi connectivity index (χ3v) is 1.28. The number of rotatable bonds is 0. The Bertz CT molecular complexity index is 400. The lowest BCUT2D eigenvalue weighted by Gasteiger charge is -1.83. The fourth-order valence-corrected chi connectivity index (χ4v) is 0.814. The number of hydrogen-bond acceptors (Lipinski definition) is 3. The third-order valence-electron chi connectivity index (χ3n) is 1.28. The molecular weight excluding hydrogens is 130 g/mol. The topological polar surface area (TPSA) is 54.3 Å². The highest BCUT2D eigenvalue weighted by atomic mass is 16.5. The summed E-state index contributed by atoms with van der Waals surface area (Å²) in [6.45, 7) is 0. The molecule has 2 aromatic rings. The Hall–Kier alpha value is -1.58. The van der Waals surface area contributed by atoms with Crippen molar-refractivity contribution in [2.24, 2.45) is 0 Å². The lowest BCUT2D eigenvalue weighted by atomic mass is 10.5. The molecule has 0 spiro atoms. The molecule has 0 fully saturated rings. The monoisotopic (exact) mass is 135 g/mol. The largest absolute Gasteiger partial charge is 0.324 e. The first-order chi connectivity index (χ1) is 4.88. The SMILES string of the molecule is N=c1onc2ccccn12. The van der Waals surface area contributed by atoms with Crippen LogP contribution < -0.4 is 5.68 Å². The molecule has 0 atom stereocenters. The standard InChI is InChI=1S/C6H5N3O/c7-6-9-4-2-1-3-5(9)8-10-6/h1-4,7H. The van der Waals surface area contributed by atoms with Gasteiger partial charge in [-0.25, -0.2) is 5.41 Å². The molecule has 0 unspecified atom stereocenters. The van der Waals surface area contributed by atoms with E-state index in [1.165, 1.54) is 0 Å². The normalized spacial score (nSPS) is 10.4. The predicted molar refractivity (Wildman–Crippen MR) is 33.3 cm³/mol. The van der Waals surface area contributed by atoms with E-state index in [0.29, 0.717) is 5.65 Å². The van der Waals surface area contributed by atoms with Crippen LogP contribution in [0.1, 0.15) is 0 Å². The van der Waals surface area contributed by atoms with Gasteiger partial charge in [0.15, 0.2) is 5.65 Å². The molecule has 0 aliphatic rings. The maximum atomic E-state index is 7.18. The Labute approximate surface area is 56.2 Å². The van der Waals surface area contributed by atoms with Crippen molar-refractivity contribution >= 4 is 5.65 Å². The van der Waals surface area contributed by atoms with Crippen LogP contribution in [-0.2, 0) is 0 Å². The van der Waals surface area contributed by atoms with Crippen LogP contribution in [0.25, 0.3) is 5.65 Å². The van der Waals surface area contributed by atoms with Gasteiger partial charge in [0, 0.05) is 6.20 Å². The van der Waals surface area contributed by atoms with Crippen molar-refractivity contribution in [2.75, 3.05) is 0 Å². The summed E-state index contributed by atoms with van der Waals surface area (Å²) >= 11 is 0. The van der Waals surface area contributed by atoms with E-state index in [0.717, 1.165) is 0 Å². The smallest absolute Gasteiger partial charge is 0.315 e. The zero-order valence-corrected chi connectivity index (χ0v) is 5.11. The molecule has 50 valence electrons. The van der Waals surface area contributed by atoms with Crippen LogP contribution in [-0.4, -0.2) is 9.56 Å². The zero-order chi connectivity index (χ0) is 6.97. The van der Waals surface area contributed by atoms with Gasteiger partial charge in [-0.2, -0.15) is 0 Å². The highest BCUT2D eigenvalue weighted by Crippen LogP contribution is 1.92. The molecule has 0 bridgehead atoms. The lowest BCUT2D eigenvalue weighted by molar-refractivity contribution is 0.369. The van der Waals surface area contributed by atoms with Gasteiger partial charge < -0.3 is 4.52 Å². The van der Waals surface area contributed by atoms with Gasteiger partial charge in [-0.3, -0.25) is 4.40 Å². The molecule has 0 aromatic carbocycles. The summed E-state index contributed by atoms with van der Waals surface area (Å²) in [5.74, 6) is 0. The van der Waals surface area contributed by atoms with E-state index in [1.807, 2.05) is 12.1 Å². The van der Waals surface area contributed by atoms with Gasteiger partial charge in [0.2, 0.25) is 0 Å². The maximum absolute atomic E-state index is 7.18. The van der Waals surface area contributed by atoms with Crippen LogP contribution in [0.4, 0.5) is 0 Å². The van der Waals surface area contributed by atoms with Crippen molar-refractivity contribution in [3.8, 4) is 0 Å². The van der Waals surface area contributed by atoms with Crippen molar-refractivity contribution in [2.45, 2.75) is 0 Å². The molecule has 1 N–H and O–H groups in total. The van der Waals surface area contributed by atoms with Crippen LogP contribution in [0.15, 0.2) is 28.9 Å². The van der Waals surface area contributed by atoms with E-state index in [4.69, 9.17) is 5.41 Å². The van der Waals surface area contributed by atoms with E-state index in [2.05, 4.69) is 9.68 Å². The minimum atomic E-state index is 0.0515. The van der Waals surface area contributed by atoms with Gasteiger partial charge in [0.05, 0.1) is 0 Å². The van der Waals surface area contributed by atoms with Gasteiger partial charge >= 0.3 is 5.68 Å². The van der Waals surface area contributed by atoms with Crippen LogP contribution in [0.2, 0.25) is 0 Å². The first-order valence-corrected chi connectivity index (χ1v) is 2.85. The molecule has 4 heteroatoms. The minimum absolute atomic E-state index is 0.0515. The molecule has 2 rings (SSSR count).